The van der Waals surface area contributed by atoms with Crippen LogP contribution >= 0.6 is 15.9 Å². The van der Waals surface area contributed by atoms with Crippen LogP contribution in [0, 0.1) is 5.82 Å². The standard InChI is InChI=1S/C10H9BrFNO/c11-7-5-6-13(10(7)14)9-4-2-1-3-8(9)12/h1-4,7H,5-6H2/t7-/m1/s1. The Morgan fingerprint density at radius 2 is 2.14 bits per heavy atom. The number of anilines is 1. The number of rotatable bonds is 1. The van der Waals surface area contributed by atoms with Crippen molar-refractivity contribution in [3.8, 4) is 0 Å². The molecule has 0 unspecified atom stereocenters. The number of para-hydroxylation sites is 1. The van der Waals surface area contributed by atoms with Gasteiger partial charge in [-0.25, -0.2) is 4.39 Å². The average molecular weight is 258 g/mol. The largest absolute Gasteiger partial charge is 0.309 e. The van der Waals surface area contributed by atoms with Gasteiger partial charge in [-0.15, -0.1) is 0 Å². The number of nitrogens with zero attached hydrogens (tertiary/aromatic N) is 1. The van der Waals surface area contributed by atoms with E-state index in [0.29, 0.717) is 12.2 Å². The van der Waals surface area contributed by atoms with Gasteiger partial charge in [-0.1, -0.05) is 28.1 Å². The van der Waals surface area contributed by atoms with Crippen molar-refractivity contribution in [2.24, 2.45) is 0 Å². The molecule has 74 valence electrons. The number of benzene rings is 1. The number of alkyl halides is 1. The van der Waals surface area contributed by atoms with Crippen LogP contribution < -0.4 is 4.90 Å². The maximum atomic E-state index is 13.3. The van der Waals surface area contributed by atoms with Gasteiger partial charge >= 0.3 is 0 Å². The Labute approximate surface area is 89.8 Å². The van der Waals surface area contributed by atoms with Crippen LogP contribution in [0.3, 0.4) is 0 Å². The summed E-state index contributed by atoms with van der Waals surface area (Å²) in [7, 11) is 0. The van der Waals surface area contributed by atoms with Crippen LogP contribution in [-0.2, 0) is 4.79 Å². The van der Waals surface area contributed by atoms with Crippen molar-refractivity contribution in [3.05, 3.63) is 30.1 Å². The van der Waals surface area contributed by atoms with E-state index in [4.69, 9.17) is 0 Å². The Balaban J connectivity index is 2.33. The second-order valence-corrected chi connectivity index (χ2v) is 4.30. The highest BCUT2D eigenvalue weighted by molar-refractivity contribution is 9.10. The molecular weight excluding hydrogens is 249 g/mol. The highest BCUT2D eigenvalue weighted by atomic mass is 79.9. The molecular formula is C10H9BrFNO. The van der Waals surface area contributed by atoms with E-state index in [9.17, 15) is 9.18 Å². The topological polar surface area (TPSA) is 20.3 Å². The molecule has 0 aliphatic carbocycles. The molecule has 0 spiro atoms. The monoisotopic (exact) mass is 257 g/mol. The number of amides is 1. The first-order chi connectivity index (χ1) is 6.70. The molecule has 0 saturated carbocycles. The van der Waals surface area contributed by atoms with Crippen LogP contribution in [0.5, 0.6) is 0 Å². The predicted octanol–water partition coefficient (Wildman–Crippen LogP) is 2.33. The van der Waals surface area contributed by atoms with Crippen LogP contribution in [-0.4, -0.2) is 17.3 Å². The van der Waals surface area contributed by atoms with Crippen LogP contribution in [0.15, 0.2) is 24.3 Å². The van der Waals surface area contributed by atoms with Gasteiger partial charge < -0.3 is 4.90 Å². The van der Waals surface area contributed by atoms with Gasteiger partial charge in [0.05, 0.1) is 10.5 Å². The molecule has 0 bridgehead atoms. The average Bonchev–Trinajstić information content (AvgIpc) is 2.49. The smallest absolute Gasteiger partial charge is 0.240 e. The molecule has 1 amide bonds. The molecule has 1 saturated heterocycles. The van der Waals surface area contributed by atoms with E-state index in [2.05, 4.69) is 15.9 Å². The van der Waals surface area contributed by atoms with Gasteiger partial charge in [0, 0.05) is 6.54 Å². The normalized spacial score (nSPS) is 21.7. The second-order valence-electron chi connectivity index (χ2n) is 3.20. The van der Waals surface area contributed by atoms with Crippen LogP contribution in [0.25, 0.3) is 0 Å². The summed E-state index contributed by atoms with van der Waals surface area (Å²) in [5.74, 6) is -0.405. The van der Waals surface area contributed by atoms with E-state index in [1.165, 1.54) is 11.0 Å². The fourth-order valence-electron chi connectivity index (χ4n) is 1.56. The van der Waals surface area contributed by atoms with E-state index in [1.807, 2.05) is 0 Å². The van der Waals surface area contributed by atoms with E-state index in [0.717, 1.165) is 6.42 Å². The van der Waals surface area contributed by atoms with Crippen molar-refractivity contribution < 1.29 is 9.18 Å². The van der Waals surface area contributed by atoms with E-state index in [-0.39, 0.29) is 16.6 Å². The highest BCUT2D eigenvalue weighted by Gasteiger charge is 2.31. The van der Waals surface area contributed by atoms with Crippen molar-refractivity contribution in [1.82, 2.24) is 0 Å². The van der Waals surface area contributed by atoms with Crippen molar-refractivity contribution in [2.75, 3.05) is 11.4 Å². The quantitative estimate of drug-likeness (QED) is 0.708. The Hall–Kier alpha value is -0.900. The zero-order valence-electron chi connectivity index (χ0n) is 7.41. The minimum absolute atomic E-state index is 0.0601. The summed E-state index contributed by atoms with van der Waals surface area (Å²) in [4.78, 5) is 12.9. The number of halogens is 2. The molecule has 0 aromatic heterocycles. The Kier molecular flexibility index (Phi) is 2.54. The molecule has 0 radical (unpaired) electrons. The van der Waals surface area contributed by atoms with Crippen LogP contribution in [0.4, 0.5) is 10.1 Å². The molecule has 2 nitrogen and oxygen atoms in total. The first-order valence-electron chi connectivity index (χ1n) is 4.40. The molecule has 1 atom stereocenters. The molecule has 1 fully saturated rings. The molecule has 1 aliphatic rings. The lowest BCUT2D eigenvalue weighted by molar-refractivity contribution is -0.116. The first-order valence-corrected chi connectivity index (χ1v) is 5.31. The fourth-order valence-corrected chi connectivity index (χ4v) is 2.01. The summed E-state index contributed by atoms with van der Waals surface area (Å²) >= 11 is 3.25. The number of hydrogen-bond acceptors (Lipinski definition) is 1. The minimum Gasteiger partial charge on any atom is -0.309 e. The third kappa shape index (κ3) is 1.54. The van der Waals surface area contributed by atoms with Crippen LogP contribution in [0.1, 0.15) is 6.42 Å². The second kappa shape index (κ2) is 3.69. The zero-order chi connectivity index (χ0) is 10.1. The number of hydrogen-bond donors (Lipinski definition) is 0. The van der Waals surface area contributed by atoms with Crippen molar-refractivity contribution in [1.29, 1.82) is 0 Å². The van der Waals surface area contributed by atoms with E-state index in [1.54, 1.807) is 18.2 Å². The number of carbonyl (C=O) groups excluding carboxylic acids is 1. The van der Waals surface area contributed by atoms with Gasteiger partial charge in [0.1, 0.15) is 5.82 Å². The van der Waals surface area contributed by atoms with Gasteiger partial charge in [0.25, 0.3) is 0 Å². The summed E-state index contributed by atoms with van der Waals surface area (Å²) in [6, 6.07) is 6.33. The molecule has 14 heavy (non-hydrogen) atoms. The maximum absolute atomic E-state index is 13.3. The lowest BCUT2D eigenvalue weighted by atomic mass is 10.3. The lowest BCUT2D eigenvalue weighted by Gasteiger charge is -2.16. The maximum Gasteiger partial charge on any atom is 0.240 e. The number of carbonyl (C=O) groups is 1. The predicted molar refractivity (Wildman–Crippen MR) is 56.1 cm³/mol. The van der Waals surface area contributed by atoms with Gasteiger partial charge in [0.2, 0.25) is 5.91 Å². The van der Waals surface area contributed by atoms with Gasteiger partial charge in [-0.05, 0) is 18.6 Å². The SMILES string of the molecule is O=C1[C@H](Br)CCN1c1ccccc1F. The minimum atomic E-state index is -0.345. The zero-order valence-corrected chi connectivity index (χ0v) is 9.00. The molecule has 1 aliphatic heterocycles. The molecule has 4 heteroatoms. The summed E-state index contributed by atoms with van der Waals surface area (Å²) in [6.45, 7) is 0.579. The summed E-state index contributed by atoms with van der Waals surface area (Å²) in [6.07, 6.45) is 0.729. The van der Waals surface area contributed by atoms with Crippen molar-refractivity contribution in [3.63, 3.8) is 0 Å². The third-order valence-electron chi connectivity index (χ3n) is 2.28. The molecule has 1 aromatic carbocycles. The molecule has 1 aromatic rings. The van der Waals surface area contributed by atoms with Gasteiger partial charge in [-0.2, -0.15) is 0 Å². The Morgan fingerprint density at radius 1 is 1.43 bits per heavy atom. The third-order valence-corrected chi connectivity index (χ3v) is 3.13. The summed E-state index contributed by atoms with van der Waals surface area (Å²) in [5.41, 5.74) is 0.374. The van der Waals surface area contributed by atoms with Gasteiger partial charge in [0.15, 0.2) is 0 Å². The van der Waals surface area contributed by atoms with E-state index >= 15 is 0 Å². The lowest BCUT2D eigenvalue weighted by Crippen LogP contribution is -2.27. The van der Waals surface area contributed by atoms with Gasteiger partial charge in [-0.3, -0.25) is 4.79 Å². The highest BCUT2D eigenvalue weighted by Crippen LogP contribution is 2.27. The van der Waals surface area contributed by atoms with Crippen molar-refractivity contribution >= 4 is 27.5 Å². The van der Waals surface area contributed by atoms with Crippen LogP contribution in [0.2, 0.25) is 0 Å². The molecule has 1 heterocycles. The first kappa shape index (κ1) is 9.65. The molecule has 0 N–H and O–H groups in total. The summed E-state index contributed by atoms with van der Waals surface area (Å²) in [5, 5.41) is 0. The van der Waals surface area contributed by atoms with E-state index < -0.39 is 0 Å². The fraction of sp³-hybridized carbons (Fsp3) is 0.300. The summed E-state index contributed by atoms with van der Waals surface area (Å²) < 4.78 is 13.3. The van der Waals surface area contributed by atoms with Crippen molar-refractivity contribution in [2.45, 2.75) is 11.2 Å². The Morgan fingerprint density at radius 3 is 2.71 bits per heavy atom. The molecule has 2 rings (SSSR count). The Bertz CT molecular complexity index is 369.